The summed E-state index contributed by atoms with van der Waals surface area (Å²) < 4.78 is 5.72. The lowest BCUT2D eigenvalue weighted by atomic mass is 9.87. The molecule has 5 heteroatoms. The van der Waals surface area contributed by atoms with Gasteiger partial charge in [0.25, 0.3) is 0 Å². The zero-order chi connectivity index (χ0) is 18.5. The van der Waals surface area contributed by atoms with E-state index in [1.807, 2.05) is 9.80 Å². The van der Waals surface area contributed by atoms with E-state index in [0.29, 0.717) is 31.8 Å². The lowest BCUT2D eigenvalue weighted by Crippen LogP contribution is -2.48. The summed E-state index contributed by atoms with van der Waals surface area (Å²) in [5.74, 6) is 0.761. The zero-order valence-corrected chi connectivity index (χ0v) is 15.9. The van der Waals surface area contributed by atoms with Gasteiger partial charge in [-0.2, -0.15) is 0 Å². The maximum Gasteiger partial charge on any atom is 0.224 e. The number of likely N-dealkylation sites (tertiary alicyclic amines) is 2. The van der Waals surface area contributed by atoms with Crippen LogP contribution in [0.1, 0.15) is 36.8 Å². The SMILES string of the molecule is CO[C@@H]1CN(C(=O)CCN2CCCC2=O)CC[C@@H]1Cc1ccc(C)cc1. The van der Waals surface area contributed by atoms with Crippen molar-refractivity contribution in [2.75, 3.05) is 33.3 Å². The molecule has 0 aromatic heterocycles. The summed E-state index contributed by atoms with van der Waals surface area (Å²) in [5.41, 5.74) is 2.60. The lowest BCUT2D eigenvalue weighted by Gasteiger charge is -2.38. The smallest absolute Gasteiger partial charge is 0.224 e. The highest BCUT2D eigenvalue weighted by Gasteiger charge is 2.32. The number of methoxy groups -OCH3 is 1. The molecule has 2 aliphatic rings. The number of carbonyl (C=O) groups excluding carboxylic acids is 2. The van der Waals surface area contributed by atoms with Crippen molar-refractivity contribution >= 4 is 11.8 Å². The second kappa shape index (κ2) is 8.67. The monoisotopic (exact) mass is 358 g/mol. The average Bonchev–Trinajstić information content (AvgIpc) is 3.06. The Bertz CT molecular complexity index is 629. The number of piperidine rings is 1. The Morgan fingerprint density at radius 1 is 1.23 bits per heavy atom. The summed E-state index contributed by atoms with van der Waals surface area (Å²) in [6, 6.07) is 8.67. The summed E-state index contributed by atoms with van der Waals surface area (Å²) in [5, 5.41) is 0. The molecule has 2 saturated heterocycles. The molecule has 5 nitrogen and oxygen atoms in total. The van der Waals surface area contributed by atoms with Crippen molar-refractivity contribution < 1.29 is 14.3 Å². The predicted octanol–water partition coefficient (Wildman–Crippen LogP) is 2.41. The fourth-order valence-corrected chi connectivity index (χ4v) is 4.05. The molecule has 3 rings (SSSR count). The van der Waals surface area contributed by atoms with Crippen molar-refractivity contribution in [3.05, 3.63) is 35.4 Å². The van der Waals surface area contributed by atoms with Gasteiger partial charge in [-0.3, -0.25) is 9.59 Å². The number of amides is 2. The Morgan fingerprint density at radius 3 is 2.65 bits per heavy atom. The third-order valence-corrected chi connectivity index (χ3v) is 5.74. The van der Waals surface area contributed by atoms with Gasteiger partial charge in [-0.15, -0.1) is 0 Å². The van der Waals surface area contributed by atoms with Crippen LogP contribution in [0.3, 0.4) is 0 Å². The molecule has 0 N–H and O–H groups in total. The van der Waals surface area contributed by atoms with Crippen molar-refractivity contribution in [1.29, 1.82) is 0 Å². The van der Waals surface area contributed by atoms with Crippen molar-refractivity contribution in [2.45, 2.75) is 45.1 Å². The lowest BCUT2D eigenvalue weighted by molar-refractivity contribution is -0.137. The summed E-state index contributed by atoms with van der Waals surface area (Å²) in [7, 11) is 1.74. The van der Waals surface area contributed by atoms with Gasteiger partial charge in [-0.05, 0) is 37.7 Å². The van der Waals surface area contributed by atoms with Gasteiger partial charge in [-0.1, -0.05) is 29.8 Å². The molecule has 0 spiro atoms. The fraction of sp³-hybridized carbons (Fsp3) is 0.619. The molecule has 2 fully saturated rings. The first-order chi connectivity index (χ1) is 12.6. The number of rotatable bonds is 6. The minimum Gasteiger partial charge on any atom is -0.379 e. The van der Waals surface area contributed by atoms with Gasteiger partial charge in [0.2, 0.25) is 11.8 Å². The Hall–Kier alpha value is -1.88. The average molecular weight is 358 g/mol. The van der Waals surface area contributed by atoms with Crippen LogP contribution in [0.5, 0.6) is 0 Å². The number of nitrogens with zero attached hydrogens (tertiary/aromatic N) is 2. The van der Waals surface area contributed by atoms with E-state index in [-0.39, 0.29) is 17.9 Å². The van der Waals surface area contributed by atoms with Crippen LogP contribution >= 0.6 is 0 Å². The Morgan fingerprint density at radius 2 is 2.00 bits per heavy atom. The standard InChI is InChI=1S/C21H30N2O3/c1-16-5-7-17(8-6-16)14-18-9-12-23(15-19(18)26-2)21(25)10-13-22-11-3-4-20(22)24/h5-8,18-19H,3-4,9-15H2,1-2H3/t18-,19-/m1/s1. The summed E-state index contributed by atoms with van der Waals surface area (Å²) in [6.45, 7) is 4.88. The quantitative estimate of drug-likeness (QED) is 0.785. The van der Waals surface area contributed by atoms with Gasteiger partial charge in [0, 0.05) is 46.1 Å². The second-order valence-electron chi connectivity index (χ2n) is 7.59. The third-order valence-electron chi connectivity index (χ3n) is 5.74. The number of hydrogen-bond donors (Lipinski definition) is 0. The van der Waals surface area contributed by atoms with Gasteiger partial charge < -0.3 is 14.5 Å². The van der Waals surface area contributed by atoms with Gasteiger partial charge >= 0.3 is 0 Å². The van der Waals surface area contributed by atoms with Crippen LogP contribution in [0, 0.1) is 12.8 Å². The van der Waals surface area contributed by atoms with Crippen molar-refractivity contribution in [2.24, 2.45) is 5.92 Å². The van der Waals surface area contributed by atoms with Gasteiger partial charge in [0.15, 0.2) is 0 Å². The van der Waals surface area contributed by atoms with E-state index in [4.69, 9.17) is 4.74 Å². The molecule has 2 aliphatic heterocycles. The summed E-state index contributed by atoms with van der Waals surface area (Å²) >= 11 is 0. The number of ether oxygens (including phenoxy) is 1. The van der Waals surface area contributed by atoms with E-state index in [2.05, 4.69) is 31.2 Å². The summed E-state index contributed by atoms with van der Waals surface area (Å²) in [6.07, 6.45) is 3.99. The van der Waals surface area contributed by atoms with E-state index in [9.17, 15) is 9.59 Å². The minimum absolute atomic E-state index is 0.0717. The van der Waals surface area contributed by atoms with E-state index in [1.165, 1.54) is 11.1 Å². The highest BCUT2D eigenvalue weighted by molar-refractivity contribution is 5.80. The van der Waals surface area contributed by atoms with E-state index in [1.54, 1.807) is 7.11 Å². The molecule has 0 radical (unpaired) electrons. The molecule has 0 bridgehead atoms. The van der Waals surface area contributed by atoms with Crippen molar-refractivity contribution in [3.8, 4) is 0 Å². The molecule has 1 aromatic rings. The predicted molar refractivity (Wildman–Crippen MR) is 101 cm³/mol. The van der Waals surface area contributed by atoms with Crippen LogP contribution in [0.25, 0.3) is 0 Å². The third kappa shape index (κ3) is 4.64. The molecule has 26 heavy (non-hydrogen) atoms. The molecule has 0 unspecified atom stereocenters. The first-order valence-corrected chi connectivity index (χ1v) is 9.70. The van der Waals surface area contributed by atoms with Gasteiger partial charge in [0.05, 0.1) is 6.10 Å². The van der Waals surface area contributed by atoms with Crippen LogP contribution in [0.15, 0.2) is 24.3 Å². The van der Waals surface area contributed by atoms with Crippen LogP contribution in [0.2, 0.25) is 0 Å². The van der Waals surface area contributed by atoms with Crippen LogP contribution in [-0.4, -0.2) is 61.0 Å². The van der Waals surface area contributed by atoms with Crippen LogP contribution < -0.4 is 0 Å². The zero-order valence-electron chi connectivity index (χ0n) is 15.9. The molecule has 0 aliphatic carbocycles. The Labute approximate surface area is 156 Å². The first kappa shape index (κ1) is 18.9. The highest BCUT2D eigenvalue weighted by atomic mass is 16.5. The van der Waals surface area contributed by atoms with E-state index >= 15 is 0 Å². The number of aryl methyl sites for hydroxylation is 1. The topological polar surface area (TPSA) is 49.9 Å². The Balaban J connectivity index is 1.50. The Kier molecular flexibility index (Phi) is 6.30. The summed E-state index contributed by atoms with van der Waals surface area (Å²) in [4.78, 5) is 28.0. The van der Waals surface area contributed by atoms with Crippen LogP contribution in [0.4, 0.5) is 0 Å². The maximum absolute atomic E-state index is 12.6. The molecule has 1 aromatic carbocycles. The van der Waals surface area contributed by atoms with Gasteiger partial charge in [0.1, 0.15) is 0 Å². The van der Waals surface area contributed by atoms with Crippen molar-refractivity contribution in [1.82, 2.24) is 9.80 Å². The molecule has 0 saturated carbocycles. The molecular weight excluding hydrogens is 328 g/mol. The molecule has 2 heterocycles. The van der Waals surface area contributed by atoms with E-state index < -0.39 is 0 Å². The number of hydrogen-bond acceptors (Lipinski definition) is 3. The highest BCUT2D eigenvalue weighted by Crippen LogP contribution is 2.25. The molecular formula is C21H30N2O3. The first-order valence-electron chi connectivity index (χ1n) is 9.70. The normalized spacial score (nSPS) is 23.5. The molecule has 142 valence electrons. The van der Waals surface area contributed by atoms with Crippen LogP contribution in [-0.2, 0) is 20.7 Å². The maximum atomic E-state index is 12.6. The van der Waals surface area contributed by atoms with Gasteiger partial charge in [-0.25, -0.2) is 0 Å². The van der Waals surface area contributed by atoms with Crippen molar-refractivity contribution in [3.63, 3.8) is 0 Å². The molecule has 2 atom stereocenters. The minimum atomic E-state index is 0.0717. The van der Waals surface area contributed by atoms with E-state index in [0.717, 1.165) is 32.4 Å². The number of carbonyl (C=O) groups is 2. The second-order valence-corrected chi connectivity index (χ2v) is 7.59. The fourth-order valence-electron chi connectivity index (χ4n) is 4.05. The molecule has 2 amide bonds. The largest absolute Gasteiger partial charge is 0.379 e. The number of benzene rings is 1.